The zero-order chi connectivity index (χ0) is 17.6. The zero-order valence-electron chi connectivity index (χ0n) is 14.3. The van der Waals surface area contributed by atoms with Gasteiger partial charge >= 0.3 is 6.18 Å². The van der Waals surface area contributed by atoms with Crippen LogP contribution in [-0.4, -0.2) is 29.9 Å². The first-order valence-electron chi connectivity index (χ1n) is 7.59. The Bertz CT molecular complexity index is 540. The van der Waals surface area contributed by atoms with Crippen LogP contribution in [0.1, 0.15) is 37.8 Å². The van der Waals surface area contributed by atoms with Gasteiger partial charge in [-0.15, -0.1) is 24.8 Å². The lowest BCUT2D eigenvalue weighted by molar-refractivity contribution is -0.137. The van der Waals surface area contributed by atoms with Gasteiger partial charge in [-0.2, -0.15) is 13.2 Å². The van der Waals surface area contributed by atoms with Crippen LogP contribution in [0, 0.1) is 0 Å². The maximum absolute atomic E-state index is 12.9. The molecular weight excluding hydrogens is 378 g/mol. The van der Waals surface area contributed by atoms with Crippen molar-refractivity contribution in [3.63, 3.8) is 0 Å². The second-order valence-electron chi connectivity index (χ2n) is 5.87. The Hall–Kier alpha value is -1.18. The average molecular weight is 404 g/mol. The maximum atomic E-state index is 12.9. The van der Waals surface area contributed by atoms with Crippen LogP contribution >= 0.6 is 24.8 Å². The summed E-state index contributed by atoms with van der Waals surface area (Å²) in [7, 11) is 0. The van der Waals surface area contributed by atoms with E-state index in [1.54, 1.807) is 6.07 Å². The molecule has 0 aromatic heterocycles. The monoisotopic (exact) mass is 403 g/mol. The first kappa shape index (κ1) is 26.1. The summed E-state index contributed by atoms with van der Waals surface area (Å²) in [5.74, 6) is -0.345. The first-order chi connectivity index (χ1) is 10.6. The fourth-order valence-electron chi connectivity index (χ4n) is 2.36. The number of carbonyl (C=O) groups is 1. The molecule has 9 heteroatoms. The van der Waals surface area contributed by atoms with Crippen molar-refractivity contribution in [2.45, 2.75) is 45.3 Å². The van der Waals surface area contributed by atoms with Gasteiger partial charge in [0.1, 0.15) is 0 Å². The molecule has 0 heterocycles. The second kappa shape index (κ2) is 11.4. The highest BCUT2D eigenvalue weighted by atomic mass is 35.5. The number of hydrogen-bond donors (Lipinski definition) is 2. The van der Waals surface area contributed by atoms with Crippen molar-refractivity contribution in [1.82, 2.24) is 4.90 Å². The van der Waals surface area contributed by atoms with Gasteiger partial charge in [-0.3, -0.25) is 4.79 Å². The molecule has 4 nitrogen and oxygen atoms in total. The topological polar surface area (TPSA) is 72.3 Å². The molecule has 1 aromatic carbocycles. The molecule has 0 saturated carbocycles. The molecule has 1 rings (SSSR count). The van der Waals surface area contributed by atoms with Crippen LogP contribution in [-0.2, 0) is 17.4 Å². The summed E-state index contributed by atoms with van der Waals surface area (Å²) >= 11 is 0. The number of anilines is 1. The molecule has 0 spiro atoms. The standard InChI is InChI=1S/C16H24F3N3O.2ClH/c1-11(2)22(8-3-4-15(21)23)9-7-12-5-6-14(20)13(10-12)16(17,18)19;;/h5-6,10-11H,3-4,7-9,20H2,1-2H3,(H2,21,23);2*1H. The summed E-state index contributed by atoms with van der Waals surface area (Å²) in [6.07, 6.45) is -3.01. The summed E-state index contributed by atoms with van der Waals surface area (Å²) in [5.41, 5.74) is 10.1. The minimum Gasteiger partial charge on any atom is -0.398 e. The van der Waals surface area contributed by atoms with Crippen LogP contribution in [0.2, 0.25) is 0 Å². The van der Waals surface area contributed by atoms with E-state index in [0.717, 1.165) is 6.07 Å². The molecule has 0 aliphatic heterocycles. The Morgan fingerprint density at radius 1 is 1.20 bits per heavy atom. The number of nitrogens with zero attached hydrogens (tertiary/aromatic N) is 1. The first-order valence-corrected chi connectivity index (χ1v) is 7.59. The Morgan fingerprint density at radius 2 is 1.80 bits per heavy atom. The Kier molecular flexibility index (Phi) is 11.9. The van der Waals surface area contributed by atoms with Crippen molar-refractivity contribution < 1.29 is 18.0 Å². The minimum absolute atomic E-state index is 0. The van der Waals surface area contributed by atoms with E-state index in [2.05, 4.69) is 4.90 Å². The fourth-order valence-corrected chi connectivity index (χ4v) is 2.36. The third kappa shape index (κ3) is 9.18. The van der Waals surface area contributed by atoms with Gasteiger partial charge in [-0.1, -0.05) is 6.07 Å². The predicted molar refractivity (Wildman–Crippen MR) is 99.2 cm³/mol. The SMILES string of the molecule is CC(C)N(CCCC(N)=O)CCc1ccc(N)c(C(F)(F)F)c1.Cl.Cl. The van der Waals surface area contributed by atoms with E-state index in [1.807, 2.05) is 13.8 Å². The lowest BCUT2D eigenvalue weighted by atomic mass is 10.1. The molecule has 0 aliphatic carbocycles. The van der Waals surface area contributed by atoms with Gasteiger partial charge in [0.15, 0.2) is 0 Å². The molecule has 146 valence electrons. The van der Waals surface area contributed by atoms with Crippen molar-refractivity contribution in [2.24, 2.45) is 5.73 Å². The largest absolute Gasteiger partial charge is 0.418 e. The fraction of sp³-hybridized carbons (Fsp3) is 0.562. The molecule has 4 N–H and O–H groups in total. The van der Waals surface area contributed by atoms with Gasteiger partial charge in [0.2, 0.25) is 5.91 Å². The molecule has 0 fully saturated rings. The van der Waals surface area contributed by atoms with E-state index < -0.39 is 11.7 Å². The number of rotatable bonds is 8. The van der Waals surface area contributed by atoms with Gasteiger partial charge in [0, 0.05) is 24.7 Å². The van der Waals surface area contributed by atoms with E-state index in [4.69, 9.17) is 11.5 Å². The third-order valence-corrected chi connectivity index (χ3v) is 3.71. The van der Waals surface area contributed by atoms with Crippen molar-refractivity contribution >= 4 is 36.4 Å². The van der Waals surface area contributed by atoms with Crippen molar-refractivity contribution in [3.05, 3.63) is 29.3 Å². The number of halogens is 5. The van der Waals surface area contributed by atoms with E-state index in [9.17, 15) is 18.0 Å². The van der Waals surface area contributed by atoms with Crippen LogP contribution in [0.5, 0.6) is 0 Å². The summed E-state index contributed by atoms with van der Waals surface area (Å²) in [6, 6.07) is 4.26. The lowest BCUT2D eigenvalue weighted by Gasteiger charge is -2.26. The second-order valence-corrected chi connectivity index (χ2v) is 5.87. The van der Waals surface area contributed by atoms with Crippen LogP contribution in [0.3, 0.4) is 0 Å². The number of carbonyl (C=O) groups excluding carboxylic acids is 1. The molecule has 0 radical (unpaired) electrons. The Balaban J connectivity index is 0. The smallest absolute Gasteiger partial charge is 0.398 e. The molecular formula is C16H26Cl2F3N3O. The van der Waals surface area contributed by atoms with Gasteiger partial charge in [0.05, 0.1) is 5.56 Å². The van der Waals surface area contributed by atoms with Crippen molar-refractivity contribution in [3.8, 4) is 0 Å². The number of primary amides is 1. The zero-order valence-corrected chi connectivity index (χ0v) is 15.9. The van der Waals surface area contributed by atoms with Crippen LogP contribution in [0.4, 0.5) is 18.9 Å². The molecule has 25 heavy (non-hydrogen) atoms. The van der Waals surface area contributed by atoms with Crippen LogP contribution in [0.15, 0.2) is 18.2 Å². The average Bonchev–Trinajstić information content (AvgIpc) is 2.42. The summed E-state index contributed by atoms with van der Waals surface area (Å²) < 4.78 is 38.6. The van der Waals surface area contributed by atoms with Crippen LogP contribution in [0.25, 0.3) is 0 Å². The summed E-state index contributed by atoms with van der Waals surface area (Å²) in [4.78, 5) is 12.9. The summed E-state index contributed by atoms with van der Waals surface area (Å²) in [5, 5.41) is 0. The van der Waals surface area contributed by atoms with E-state index in [-0.39, 0.29) is 42.5 Å². The number of benzene rings is 1. The minimum atomic E-state index is -4.45. The van der Waals surface area contributed by atoms with Crippen molar-refractivity contribution in [2.75, 3.05) is 18.8 Å². The molecule has 1 aromatic rings. The van der Waals surface area contributed by atoms with E-state index in [0.29, 0.717) is 37.9 Å². The molecule has 0 bridgehead atoms. The number of alkyl halides is 3. The molecule has 0 aliphatic rings. The number of amides is 1. The molecule has 0 saturated heterocycles. The van der Waals surface area contributed by atoms with Gasteiger partial charge in [0.25, 0.3) is 0 Å². The van der Waals surface area contributed by atoms with Crippen LogP contribution < -0.4 is 11.5 Å². The Labute approximate surface area is 158 Å². The van der Waals surface area contributed by atoms with Gasteiger partial charge in [-0.25, -0.2) is 0 Å². The Morgan fingerprint density at radius 3 is 2.28 bits per heavy atom. The van der Waals surface area contributed by atoms with Gasteiger partial charge < -0.3 is 16.4 Å². The van der Waals surface area contributed by atoms with Crippen molar-refractivity contribution in [1.29, 1.82) is 0 Å². The predicted octanol–water partition coefficient (Wildman–Crippen LogP) is 3.65. The number of nitrogen functional groups attached to an aromatic ring is 1. The number of nitrogens with two attached hydrogens (primary N) is 2. The lowest BCUT2D eigenvalue weighted by Crippen LogP contribution is -2.34. The maximum Gasteiger partial charge on any atom is 0.418 e. The van der Waals surface area contributed by atoms with Gasteiger partial charge in [-0.05, 0) is 50.9 Å². The molecule has 0 atom stereocenters. The molecule has 1 amide bonds. The highest BCUT2D eigenvalue weighted by molar-refractivity contribution is 5.85. The molecule has 0 unspecified atom stereocenters. The summed E-state index contributed by atoms with van der Waals surface area (Å²) in [6.45, 7) is 5.31. The highest BCUT2D eigenvalue weighted by Crippen LogP contribution is 2.34. The van der Waals surface area contributed by atoms with E-state index in [1.165, 1.54) is 6.07 Å². The van der Waals surface area contributed by atoms with E-state index >= 15 is 0 Å². The normalized spacial score (nSPS) is 11.2. The number of hydrogen-bond acceptors (Lipinski definition) is 3. The quantitative estimate of drug-likeness (QED) is 0.650. The highest BCUT2D eigenvalue weighted by Gasteiger charge is 2.33. The third-order valence-electron chi connectivity index (χ3n) is 3.71.